The van der Waals surface area contributed by atoms with Gasteiger partial charge in [-0.1, -0.05) is 18.2 Å². The van der Waals surface area contributed by atoms with E-state index in [4.69, 9.17) is 4.42 Å². The van der Waals surface area contributed by atoms with Crippen molar-refractivity contribution in [2.24, 2.45) is 0 Å². The monoisotopic (exact) mass is 483 g/mol. The normalized spacial score (nSPS) is 10.6. The van der Waals surface area contributed by atoms with E-state index in [9.17, 15) is 14.4 Å². The predicted octanol–water partition coefficient (Wildman–Crippen LogP) is 4.61. The molecule has 0 spiro atoms. The van der Waals surface area contributed by atoms with E-state index in [1.807, 2.05) is 13.8 Å². The van der Waals surface area contributed by atoms with Crippen molar-refractivity contribution < 1.29 is 18.8 Å². The van der Waals surface area contributed by atoms with Crippen LogP contribution in [0, 0.1) is 0 Å². The molecule has 8 heteroatoms. The van der Waals surface area contributed by atoms with Crippen LogP contribution in [0.3, 0.4) is 0 Å². The van der Waals surface area contributed by atoms with Crippen LogP contribution in [0.1, 0.15) is 40.3 Å². The fourth-order valence-electron chi connectivity index (χ4n) is 2.83. The fourth-order valence-corrected chi connectivity index (χ4v) is 3.14. The highest BCUT2D eigenvalue weighted by molar-refractivity contribution is 9.10. The molecule has 0 aliphatic rings. The van der Waals surface area contributed by atoms with E-state index in [2.05, 4.69) is 31.9 Å². The van der Waals surface area contributed by atoms with Crippen LogP contribution in [-0.2, 0) is 11.2 Å². The molecule has 3 N–H and O–H groups in total. The molecule has 3 rings (SSSR count). The molecule has 0 saturated heterocycles. The molecule has 1 heterocycles. The van der Waals surface area contributed by atoms with Crippen molar-refractivity contribution in [2.75, 3.05) is 10.6 Å². The maximum atomic E-state index is 12.6. The van der Waals surface area contributed by atoms with E-state index in [1.54, 1.807) is 60.7 Å². The molecule has 160 valence electrons. The Morgan fingerprint density at radius 1 is 0.903 bits per heavy atom. The summed E-state index contributed by atoms with van der Waals surface area (Å²) in [4.78, 5) is 36.7. The maximum Gasteiger partial charge on any atom is 0.291 e. The number of amides is 3. The smallest absolute Gasteiger partial charge is 0.291 e. The zero-order chi connectivity index (χ0) is 22.4. The summed E-state index contributed by atoms with van der Waals surface area (Å²) in [6, 6.07) is 16.9. The van der Waals surface area contributed by atoms with E-state index in [0.29, 0.717) is 21.6 Å². The molecule has 2 aromatic carbocycles. The molecule has 3 aromatic rings. The van der Waals surface area contributed by atoms with Crippen molar-refractivity contribution in [1.29, 1.82) is 0 Å². The van der Waals surface area contributed by atoms with Crippen LogP contribution < -0.4 is 16.0 Å². The van der Waals surface area contributed by atoms with E-state index in [-0.39, 0.29) is 30.0 Å². The molecular formula is C23H22BrN3O4. The summed E-state index contributed by atoms with van der Waals surface area (Å²) < 4.78 is 5.68. The van der Waals surface area contributed by atoms with Crippen LogP contribution in [0.25, 0.3) is 0 Å². The lowest BCUT2D eigenvalue weighted by molar-refractivity contribution is -0.120. The van der Waals surface area contributed by atoms with Crippen LogP contribution in [0.2, 0.25) is 0 Å². The highest BCUT2D eigenvalue weighted by Crippen LogP contribution is 2.18. The Kier molecular flexibility index (Phi) is 7.25. The minimum atomic E-state index is -0.416. The van der Waals surface area contributed by atoms with Gasteiger partial charge < -0.3 is 20.4 Å². The Morgan fingerprint density at radius 2 is 1.61 bits per heavy atom. The zero-order valence-corrected chi connectivity index (χ0v) is 18.7. The molecule has 7 nitrogen and oxygen atoms in total. The number of halogens is 1. The number of carbonyl (C=O) groups is 3. The minimum absolute atomic E-state index is 0.0486. The summed E-state index contributed by atoms with van der Waals surface area (Å²) in [5, 5.41) is 8.35. The van der Waals surface area contributed by atoms with Crippen LogP contribution >= 0.6 is 15.9 Å². The summed E-state index contributed by atoms with van der Waals surface area (Å²) in [6.45, 7) is 3.82. The third kappa shape index (κ3) is 6.55. The summed E-state index contributed by atoms with van der Waals surface area (Å²) in [5.41, 5.74) is 2.31. The van der Waals surface area contributed by atoms with Gasteiger partial charge in [-0.2, -0.15) is 0 Å². The first-order valence-corrected chi connectivity index (χ1v) is 10.5. The fraction of sp³-hybridized carbons (Fsp3) is 0.174. The van der Waals surface area contributed by atoms with Gasteiger partial charge >= 0.3 is 0 Å². The molecular weight excluding hydrogens is 462 g/mol. The van der Waals surface area contributed by atoms with Crippen LogP contribution in [-0.4, -0.2) is 23.8 Å². The molecule has 1 aromatic heterocycles. The van der Waals surface area contributed by atoms with Crippen molar-refractivity contribution >= 4 is 45.0 Å². The highest BCUT2D eigenvalue weighted by Gasteiger charge is 2.13. The van der Waals surface area contributed by atoms with Gasteiger partial charge in [-0.25, -0.2) is 0 Å². The van der Waals surface area contributed by atoms with Gasteiger partial charge in [0.2, 0.25) is 5.91 Å². The lowest BCUT2D eigenvalue weighted by Gasteiger charge is -2.10. The second kappa shape index (κ2) is 10.1. The predicted molar refractivity (Wildman–Crippen MR) is 122 cm³/mol. The van der Waals surface area contributed by atoms with Crippen molar-refractivity contribution in [3.8, 4) is 0 Å². The highest BCUT2D eigenvalue weighted by atomic mass is 79.9. The standard InChI is InChI=1S/C23H22BrN3O4/c1-14(2)25-21(28)12-15-6-8-17(9-7-15)26-22(29)16-4-3-5-18(13-16)27-23(30)19-10-11-20(24)31-19/h3-11,13-14H,12H2,1-2H3,(H,25,28)(H,26,29)(H,27,30). The number of rotatable bonds is 7. The van der Waals surface area contributed by atoms with E-state index in [1.165, 1.54) is 0 Å². The first-order chi connectivity index (χ1) is 14.8. The van der Waals surface area contributed by atoms with Gasteiger partial charge in [-0.3, -0.25) is 14.4 Å². The minimum Gasteiger partial charge on any atom is -0.444 e. The molecule has 0 fully saturated rings. The number of anilines is 2. The van der Waals surface area contributed by atoms with Crippen LogP contribution in [0.4, 0.5) is 11.4 Å². The van der Waals surface area contributed by atoms with Crippen molar-refractivity contribution in [1.82, 2.24) is 5.32 Å². The lowest BCUT2D eigenvalue weighted by atomic mass is 10.1. The Morgan fingerprint density at radius 3 is 2.26 bits per heavy atom. The van der Waals surface area contributed by atoms with E-state index in [0.717, 1.165) is 5.56 Å². The number of benzene rings is 2. The SMILES string of the molecule is CC(C)NC(=O)Cc1ccc(NC(=O)c2cccc(NC(=O)c3ccc(Br)o3)c2)cc1. The summed E-state index contributed by atoms with van der Waals surface area (Å²) in [5.74, 6) is -0.626. The number of hydrogen-bond donors (Lipinski definition) is 3. The number of furan rings is 1. The average Bonchev–Trinajstić information content (AvgIpc) is 3.15. The van der Waals surface area contributed by atoms with Crippen LogP contribution in [0.15, 0.2) is 69.8 Å². The molecule has 0 bridgehead atoms. The molecule has 0 saturated carbocycles. The van der Waals surface area contributed by atoms with Gasteiger partial charge in [0, 0.05) is 23.0 Å². The number of hydrogen-bond acceptors (Lipinski definition) is 4. The van der Waals surface area contributed by atoms with Gasteiger partial charge in [0.15, 0.2) is 10.4 Å². The molecule has 0 radical (unpaired) electrons. The van der Waals surface area contributed by atoms with Gasteiger partial charge in [0.05, 0.1) is 6.42 Å². The third-order valence-corrected chi connectivity index (χ3v) is 4.63. The Bertz CT molecular complexity index is 1090. The third-order valence-electron chi connectivity index (χ3n) is 4.21. The van der Waals surface area contributed by atoms with E-state index >= 15 is 0 Å². The zero-order valence-electron chi connectivity index (χ0n) is 17.1. The summed E-state index contributed by atoms with van der Waals surface area (Å²) in [6.07, 6.45) is 0.278. The molecule has 0 atom stereocenters. The van der Waals surface area contributed by atoms with Gasteiger partial charge in [0.25, 0.3) is 11.8 Å². The summed E-state index contributed by atoms with van der Waals surface area (Å²) >= 11 is 3.15. The number of carbonyl (C=O) groups excluding carboxylic acids is 3. The van der Waals surface area contributed by atoms with E-state index < -0.39 is 5.91 Å². The Labute approximate surface area is 188 Å². The maximum absolute atomic E-state index is 12.6. The largest absolute Gasteiger partial charge is 0.444 e. The molecule has 0 aliphatic heterocycles. The number of nitrogens with one attached hydrogen (secondary N) is 3. The molecule has 3 amide bonds. The topological polar surface area (TPSA) is 100 Å². The molecule has 31 heavy (non-hydrogen) atoms. The second-order valence-electron chi connectivity index (χ2n) is 7.19. The van der Waals surface area contributed by atoms with Gasteiger partial charge in [0.1, 0.15) is 0 Å². The quantitative estimate of drug-likeness (QED) is 0.456. The molecule has 0 unspecified atom stereocenters. The molecule has 0 aliphatic carbocycles. The van der Waals surface area contributed by atoms with Gasteiger partial charge in [-0.05, 0) is 77.8 Å². The van der Waals surface area contributed by atoms with Crippen molar-refractivity contribution in [2.45, 2.75) is 26.3 Å². The van der Waals surface area contributed by atoms with Gasteiger partial charge in [-0.15, -0.1) is 0 Å². The average molecular weight is 484 g/mol. The second-order valence-corrected chi connectivity index (χ2v) is 7.97. The Balaban J connectivity index is 1.61. The van der Waals surface area contributed by atoms with Crippen molar-refractivity contribution in [3.63, 3.8) is 0 Å². The summed E-state index contributed by atoms with van der Waals surface area (Å²) in [7, 11) is 0. The van der Waals surface area contributed by atoms with Crippen molar-refractivity contribution in [3.05, 3.63) is 82.2 Å². The Hall–Kier alpha value is -3.39. The first kappa shape index (κ1) is 22.3. The lowest BCUT2D eigenvalue weighted by Crippen LogP contribution is -2.31. The van der Waals surface area contributed by atoms with Crippen LogP contribution in [0.5, 0.6) is 0 Å². The first-order valence-electron chi connectivity index (χ1n) is 9.66.